The predicted octanol–water partition coefficient (Wildman–Crippen LogP) is 7.04. The zero-order chi connectivity index (χ0) is 18.8. The van der Waals surface area contributed by atoms with Gasteiger partial charge in [-0.25, -0.2) is 0 Å². The molecule has 0 atom stereocenters. The number of hydrogen-bond donors (Lipinski definition) is 0. The van der Waals surface area contributed by atoms with Crippen molar-refractivity contribution >= 4 is 40.6 Å². The normalized spacial score (nSPS) is 20.5. The summed E-state index contributed by atoms with van der Waals surface area (Å²) in [6, 6.07) is 14.8. The summed E-state index contributed by atoms with van der Waals surface area (Å²) >= 11 is 3.41. The molecule has 0 aliphatic heterocycles. The number of carbonyl (C=O) groups excluding carboxylic acids is 1. The van der Waals surface area contributed by atoms with Crippen molar-refractivity contribution in [3.8, 4) is 0 Å². The van der Waals surface area contributed by atoms with Crippen LogP contribution in [0.5, 0.6) is 0 Å². The Labute approximate surface area is 168 Å². The highest BCUT2D eigenvalue weighted by Gasteiger charge is 2.29. The third kappa shape index (κ3) is 3.90. The van der Waals surface area contributed by atoms with E-state index in [0.717, 1.165) is 24.0 Å². The molecule has 2 heterocycles. The van der Waals surface area contributed by atoms with E-state index in [4.69, 9.17) is 0 Å². The van der Waals surface area contributed by atoms with Crippen LogP contribution in [0.15, 0.2) is 64.4 Å². The molecule has 1 fully saturated rings. The summed E-state index contributed by atoms with van der Waals surface area (Å²) in [7, 11) is 0. The number of aryl methyl sites for hydroxylation is 2. The minimum atomic E-state index is 0.211. The van der Waals surface area contributed by atoms with Crippen molar-refractivity contribution in [1.29, 1.82) is 0 Å². The number of rotatable bonds is 3. The quantitative estimate of drug-likeness (QED) is 0.438. The molecular formula is C24H22OS2. The van der Waals surface area contributed by atoms with Crippen LogP contribution in [0.1, 0.15) is 45.2 Å². The number of benzene rings is 1. The molecule has 1 aromatic carbocycles. The molecule has 1 nitrogen and oxygen atoms in total. The summed E-state index contributed by atoms with van der Waals surface area (Å²) < 4.78 is 0. The third-order valence-corrected chi connectivity index (χ3v) is 7.13. The highest BCUT2D eigenvalue weighted by molar-refractivity contribution is 7.11. The maximum absolute atomic E-state index is 13.3. The molecule has 1 aliphatic rings. The molecule has 0 unspecified atom stereocenters. The number of allylic oxidation sites excluding steroid dienone is 2. The van der Waals surface area contributed by atoms with Gasteiger partial charge in [0, 0.05) is 20.9 Å². The lowest BCUT2D eigenvalue weighted by atomic mass is 9.77. The van der Waals surface area contributed by atoms with E-state index in [1.165, 1.54) is 26.4 Å². The Morgan fingerprint density at radius 3 is 1.78 bits per heavy atom. The smallest absolute Gasteiger partial charge is 0.185 e. The van der Waals surface area contributed by atoms with Crippen molar-refractivity contribution in [2.45, 2.75) is 32.6 Å². The van der Waals surface area contributed by atoms with Crippen LogP contribution in [0, 0.1) is 13.8 Å². The SMILES string of the molecule is Cc1ccsc1/C=C1/CC(c2ccccc2)C/C(=C/c2sccc2C)C1=O. The first kappa shape index (κ1) is 18.1. The summed E-state index contributed by atoms with van der Waals surface area (Å²) in [5, 5.41) is 4.19. The van der Waals surface area contributed by atoms with Gasteiger partial charge in [0.05, 0.1) is 0 Å². The number of thiophene rings is 2. The van der Waals surface area contributed by atoms with E-state index in [9.17, 15) is 4.79 Å². The molecule has 1 saturated carbocycles. The van der Waals surface area contributed by atoms with E-state index in [1.54, 1.807) is 22.7 Å². The van der Waals surface area contributed by atoms with Crippen molar-refractivity contribution in [3.63, 3.8) is 0 Å². The first-order valence-corrected chi connectivity index (χ1v) is 11.0. The van der Waals surface area contributed by atoms with E-state index in [2.05, 4.69) is 79.2 Å². The van der Waals surface area contributed by atoms with E-state index in [1.807, 2.05) is 0 Å². The van der Waals surface area contributed by atoms with Crippen LogP contribution in [0.3, 0.4) is 0 Å². The van der Waals surface area contributed by atoms with Gasteiger partial charge >= 0.3 is 0 Å². The van der Waals surface area contributed by atoms with Gasteiger partial charge in [-0.2, -0.15) is 0 Å². The fraction of sp³-hybridized carbons (Fsp3) is 0.208. The maximum atomic E-state index is 13.3. The molecule has 1 aliphatic carbocycles. The van der Waals surface area contributed by atoms with E-state index in [0.29, 0.717) is 5.92 Å². The van der Waals surface area contributed by atoms with E-state index in [-0.39, 0.29) is 5.78 Å². The summed E-state index contributed by atoms with van der Waals surface area (Å²) in [6.45, 7) is 4.22. The van der Waals surface area contributed by atoms with Crippen LogP contribution in [-0.2, 0) is 4.79 Å². The van der Waals surface area contributed by atoms with Gasteiger partial charge in [-0.15, -0.1) is 22.7 Å². The average molecular weight is 391 g/mol. The van der Waals surface area contributed by atoms with Gasteiger partial charge in [-0.1, -0.05) is 30.3 Å². The minimum absolute atomic E-state index is 0.211. The Hall–Kier alpha value is -2.23. The van der Waals surface area contributed by atoms with Gasteiger partial charge in [-0.05, 0) is 84.3 Å². The largest absolute Gasteiger partial charge is 0.289 e. The fourth-order valence-electron chi connectivity index (χ4n) is 3.59. The summed E-state index contributed by atoms with van der Waals surface area (Å²) in [5.74, 6) is 0.560. The van der Waals surface area contributed by atoms with Crippen molar-refractivity contribution in [3.05, 3.63) is 90.8 Å². The molecule has 3 heteroatoms. The molecule has 0 amide bonds. The van der Waals surface area contributed by atoms with Gasteiger partial charge in [0.25, 0.3) is 0 Å². The molecule has 136 valence electrons. The lowest BCUT2D eigenvalue weighted by Gasteiger charge is -2.26. The van der Waals surface area contributed by atoms with Crippen molar-refractivity contribution in [2.24, 2.45) is 0 Å². The van der Waals surface area contributed by atoms with Gasteiger partial charge in [0.15, 0.2) is 5.78 Å². The van der Waals surface area contributed by atoms with Crippen LogP contribution >= 0.6 is 22.7 Å². The average Bonchev–Trinajstić information content (AvgIpc) is 3.27. The van der Waals surface area contributed by atoms with Gasteiger partial charge in [0.2, 0.25) is 0 Å². The molecular weight excluding hydrogens is 368 g/mol. The lowest BCUT2D eigenvalue weighted by molar-refractivity contribution is -0.112. The van der Waals surface area contributed by atoms with Crippen LogP contribution in [0.25, 0.3) is 12.2 Å². The number of ketones is 1. The zero-order valence-electron chi connectivity index (χ0n) is 15.6. The number of Topliss-reactive ketones (excluding diaryl/α,β-unsaturated/α-hetero) is 1. The molecule has 0 bridgehead atoms. The highest BCUT2D eigenvalue weighted by atomic mass is 32.1. The molecule has 3 aromatic rings. The molecule has 0 saturated heterocycles. The standard InChI is InChI=1S/C24H22OS2/c1-16-8-10-26-22(16)14-20-12-19(18-6-4-3-5-7-18)13-21(24(20)25)15-23-17(2)9-11-27-23/h3-11,14-15,19H,12-13H2,1-2H3/b20-14-,21-15-. The van der Waals surface area contributed by atoms with Crippen molar-refractivity contribution < 1.29 is 4.79 Å². The molecule has 0 radical (unpaired) electrons. The molecule has 2 aromatic heterocycles. The van der Waals surface area contributed by atoms with Gasteiger partial charge < -0.3 is 0 Å². The Balaban J connectivity index is 1.76. The molecule has 0 N–H and O–H groups in total. The summed E-state index contributed by atoms with van der Waals surface area (Å²) in [5.41, 5.74) is 5.65. The minimum Gasteiger partial charge on any atom is -0.289 e. The first-order chi connectivity index (χ1) is 13.1. The summed E-state index contributed by atoms with van der Waals surface area (Å²) in [6.07, 6.45) is 5.85. The van der Waals surface area contributed by atoms with Crippen molar-refractivity contribution in [1.82, 2.24) is 0 Å². The van der Waals surface area contributed by atoms with Crippen molar-refractivity contribution in [2.75, 3.05) is 0 Å². The zero-order valence-corrected chi connectivity index (χ0v) is 17.2. The topological polar surface area (TPSA) is 17.1 Å². The van der Waals surface area contributed by atoms with E-state index < -0.39 is 0 Å². The fourth-order valence-corrected chi connectivity index (χ4v) is 5.35. The first-order valence-electron chi connectivity index (χ1n) is 9.21. The second-order valence-corrected chi connectivity index (χ2v) is 9.02. The molecule has 27 heavy (non-hydrogen) atoms. The monoisotopic (exact) mass is 390 g/mol. The molecule has 0 spiro atoms. The molecule has 4 rings (SSSR count). The Bertz CT molecular complexity index is 955. The number of carbonyl (C=O) groups is 1. The van der Waals surface area contributed by atoms with Gasteiger partial charge in [-0.3, -0.25) is 4.79 Å². The van der Waals surface area contributed by atoms with Crippen LogP contribution in [-0.4, -0.2) is 5.78 Å². The predicted molar refractivity (Wildman–Crippen MR) is 117 cm³/mol. The van der Waals surface area contributed by atoms with Crippen LogP contribution in [0.2, 0.25) is 0 Å². The Kier molecular flexibility index (Phi) is 5.24. The Morgan fingerprint density at radius 2 is 1.33 bits per heavy atom. The lowest BCUT2D eigenvalue weighted by Crippen LogP contribution is -2.18. The maximum Gasteiger partial charge on any atom is 0.185 e. The van der Waals surface area contributed by atoms with Crippen LogP contribution < -0.4 is 0 Å². The third-order valence-electron chi connectivity index (χ3n) is 5.20. The van der Waals surface area contributed by atoms with E-state index >= 15 is 0 Å². The summed E-state index contributed by atoms with van der Waals surface area (Å²) in [4.78, 5) is 15.6. The Morgan fingerprint density at radius 1 is 0.815 bits per heavy atom. The number of hydrogen-bond acceptors (Lipinski definition) is 3. The second kappa shape index (κ2) is 7.79. The highest BCUT2D eigenvalue weighted by Crippen LogP contribution is 2.39. The second-order valence-electron chi connectivity index (χ2n) is 7.12. The van der Waals surface area contributed by atoms with Gasteiger partial charge in [0.1, 0.15) is 0 Å². The van der Waals surface area contributed by atoms with Crippen LogP contribution in [0.4, 0.5) is 0 Å².